The lowest BCUT2D eigenvalue weighted by atomic mass is 10.2. The molecule has 2 heterocycles. The number of ether oxygens (including phenoxy) is 2. The van der Waals surface area contributed by atoms with Crippen LogP contribution in [-0.4, -0.2) is 50.0 Å². The van der Waals surface area contributed by atoms with Gasteiger partial charge in [0.05, 0.1) is 12.2 Å². The molecule has 0 amide bonds. The van der Waals surface area contributed by atoms with E-state index < -0.39 is 0 Å². The fraction of sp³-hybridized carbons (Fsp3) is 1.00. The maximum atomic E-state index is 5.71. The molecular weight excluding hydrogens is 202 g/mol. The van der Waals surface area contributed by atoms with Crippen molar-refractivity contribution in [1.82, 2.24) is 4.90 Å². The third-order valence-corrected chi connectivity index (χ3v) is 3.51. The normalized spacial score (nSPS) is 30.4. The Morgan fingerprint density at radius 2 is 1.56 bits per heavy atom. The van der Waals surface area contributed by atoms with Gasteiger partial charge in [-0.25, -0.2) is 0 Å². The van der Waals surface area contributed by atoms with E-state index >= 15 is 0 Å². The monoisotopic (exact) mass is 227 g/mol. The molecule has 0 saturated carbocycles. The molecule has 16 heavy (non-hydrogen) atoms. The maximum absolute atomic E-state index is 5.71. The summed E-state index contributed by atoms with van der Waals surface area (Å²) in [6.45, 7) is 7.56. The molecule has 2 fully saturated rings. The minimum atomic E-state index is 0.480. The summed E-state index contributed by atoms with van der Waals surface area (Å²) in [5.41, 5.74) is 0. The predicted molar refractivity (Wildman–Crippen MR) is 64.7 cm³/mol. The van der Waals surface area contributed by atoms with E-state index in [-0.39, 0.29) is 0 Å². The Morgan fingerprint density at radius 1 is 1.00 bits per heavy atom. The predicted octanol–water partition coefficient (Wildman–Crippen LogP) is 2.06. The van der Waals surface area contributed by atoms with Crippen LogP contribution < -0.4 is 0 Å². The van der Waals surface area contributed by atoms with Crippen LogP contribution in [0.25, 0.3) is 0 Å². The van der Waals surface area contributed by atoms with Crippen LogP contribution in [0.2, 0.25) is 0 Å². The largest absolute Gasteiger partial charge is 0.377 e. The number of rotatable bonds is 6. The van der Waals surface area contributed by atoms with Crippen LogP contribution in [0.15, 0.2) is 0 Å². The highest BCUT2D eigenvalue weighted by Gasteiger charge is 2.23. The van der Waals surface area contributed by atoms with Crippen molar-refractivity contribution >= 4 is 0 Å². The summed E-state index contributed by atoms with van der Waals surface area (Å²) in [6.07, 6.45) is 7.15. The van der Waals surface area contributed by atoms with Gasteiger partial charge in [-0.05, 0) is 38.6 Å². The van der Waals surface area contributed by atoms with E-state index in [1.165, 1.54) is 38.6 Å². The molecule has 2 rings (SSSR count). The Balaban J connectivity index is 1.73. The molecule has 0 aliphatic carbocycles. The van der Waals surface area contributed by atoms with E-state index in [1.54, 1.807) is 0 Å². The molecule has 2 atom stereocenters. The lowest BCUT2D eigenvalue weighted by Crippen LogP contribution is -2.38. The molecule has 0 N–H and O–H groups in total. The first kappa shape index (κ1) is 12.3. The van der Waals surface area contributed by atoms with Crippen molar-refractivity contribution in [1.29, 1.82) is 0 Å². The molecule has 3 heteroatoms. The summed E-state index contributed by atoms with van der Waals surface area (Å²) < 4.78 is 11.4. The Morgan fingerprint density at radius 3 is 1.94 bits per heavy atom. The van der Waals surface area contributed by atoms with Gasteiger partial charge < -0.3 is 9.47 Å². The summed E-state index contributed by atoms with van der Waals surface area (Å²) >= 11 is 0. The molecule has 0 aromatic carbocycles. The van der Waals surface area contributed by atoms with Crippen LogP contribution in [0.4, 0.5) is 0 Å². The molecule has 2 saturated heterocycles. The van der Waals surface area contributed by atoms with Crippen molar-refractivity contribution in [3.05, 3.63) is 0 Å². The van der Waals surface area contributed by atoms with E-state index in [9.17, 15) is 0 Å². The van der Waals surface area contributed by atoms with Gasteiger partial charge in [-0.3, -0.25) is 4.90 Å². The fourth-order valence-electron chi connectivity index (χ4n) is 2.73. The van der Waals surface area contributed by atoms with Crippen LogP contribution in [0.3, 0.4) is 0 Å². The van der Waals surface area contributed by atoms with Crippen LogP contribution in [0, 0.1) is 0 Å². The quantitative estimate of drug-likeness (QED) is 0.693. The number of hydrogen-bond acceptors (Lipinski definition) is 3. The van der Waals surface area contributed by atoms with Crippen LogP contribution in [-0.2, 0) is 9.47 Å². The van der Waals surface area contributed by atoms with E-state index in [1.807, 2.05) is 0 Å². The van der Waals surface area contributed by atoms with Gasteiger partial charge in [0, 0.05) is 26.3 Å². The first-order valence-electron chi connectivity index (χ1n) is 6.84. The molecule has 2 unspecified atom stereocenters. The van der Waals surface area contributed by atoms with Gasteiger partial charge in [0.2, 0.25) is 0 Å². The molecule has 0 aromatic rings. The summed E-state index contributed by atoms with van der Waals surface area (Å²) in [6, 6.07) is 0. The van der Waals surface area contributed by atoms with Crippen LogP contribution in [0.1, 0.15) is 39.0 Å². The molecular formula is C13H25NO2. The molecule has 0 radical (unpaired) electrons. The highest BCUT2D eigenvalue weighted by molar-refractivity contribution is 4.75. The van der Waals surface area contributed by atoms with Crippen molar-refractivity contribution in [2.75, 3.05) is 32.8 Å². The summed E-state index contributed by atoms with van der Waals surface area (Å²) in [5.74, 6) is 0. The van der Waals surface area contributed by atoms with Crippen molar-refractivity contribution in [3.8, 4) is 0 Å². The zero-order valence-electron chi connectivity index (χ0n) is 10.5. The standard InChI is InChI=1S/C13H25NO2/c1-2-7-14(10-12-5-3-8-15-12)11-13-6-4-9-16-13/h12-13H,2-11H2,1H3. The Hall–Kier alpha value is -0.120. The minimum absolute atomic E-state index is 0.480. The summed E-state index contributed by atoms with van der Waals surface area (Å²) in [7, 11) is 0. The average Bonchev–Trinajstić information content (AvgIpc) is 2.91. The van der Waals surface area contributed by atoms with Gasteiger partial charge >= 0.3 is 0 Å². The average molecular weight is 227 g/mol. The smallest absolute Gasteiger partial charge is 0.0702 e. The Kier molecular flexibility index (Phi) is 5.07. The van der Waals surface area contributed by atoms with Gasteiger partial charge in [-0.15, -0.1) is 0 Å². The second kappa shape index (κ2) is 6.58. The maximum Gasteiger partial charge on any atom is 0.0702 e. The van der Waals surface area contributed by atoms with Crippen LogP contribution in [0.5, 0.6) is 0 Å². The van der Waals surface area contributed by atoms with Gasteiger partial charge in [-0.2, -0.15) is 0 Å². The SMILES string of the molecule is CCCN(CC1CCCO1)CC1CCCO1. The molecule has 2 aliphatic heterocycles. The number of nitrogens with zero attached hydrogens (tertiary/aromatic N) is 1. The Labute approximate surface area is 99.1 Å². The lowest BCUT2D eigenvalue weighted by Gasteiger charge is -2.27. The zero-order valence-corrected chi connectivity index (χ0v) is 10.5. The second-order valence-electron chi connectivity index (χ2n) is 5.03. The van der Waals surface area contributed by atoms with Crippen LogP contribution >= 0.6 is 0 Å². The van der Waals surface area contributed by atoms with Crippen molar-refractivity contribution in [3.63, 3.8) is 0 Å². The minimum Gasteiger partial charge on any atom is -0.377 e. The van der Waals surface area contributed by atoms with Gasteiger partial charge in [0.15, 0.2) is 0 Å². The van der Waals surface area contributed by atoms with Crippen molar-refractivity contribution in [2.45, 2.75) is 51.2 Å². The summed E-state index contributed by atoms with van der Waals surface area (Å²) in [5, 5.41) is 0. The van der Waals surface area contributed by atoms with Crippen molar-refractivity contribution in [2.24, 2.45) is 0 Å². The third-order valence-electron chi connectivity index (χ3n) is 3.51. The van der Waals surface area contributed by atoms with Gasteiger partial charge in [-0.1, -0.05) is 6.92 Å². The summed E-state index contributed by atoms with van der Waals surface area (Å²) in [4.78, 5) is 2.53. The molecule has 94 valence electrons. The lowest BCUT2D eigenvalue weighted by molar-refractivity contribution is 0.0377. The Bertz CT molecular complexity index is 168. The van der Waals surface area contributed by atoms with E-state index in [2.05, 4.69) is 11.8 Å². The van der Waals surface area contributed by atoms with E-state index in [4.69, 9.17) is 9.47 Å². The zero-order chi connectivity index (χ0) is 11.2. The molecule has 2 aliphatic rings. The highest BCUT2D eigenvalue weighted by atomic mass is 16.5. The first-order valence-corrected chi connectivity index (χ1v) is 6.84. The van der Waals surface area contributed by atoms with Gasteiger partial charge in [0.1, 0.15) is 0 Å². The van der Waals surface area contributed by atoms with E-state index in [0.717, 1.165) is 26.3 Å². The second-order valence-corrected chi connectivity index (χ2v) is 5.03. The molecule has 0 bridgehead atoms. The third kappa shape index (κ3) is 3.72. The number of hydrogen-bond donors (Lipinski definition) is 0. The fourth-order valence-corrected chi connectivity index (χ4v) is 2.73. The van der Waals surface area contributed by atoms with Crippen molar-refractivity contribution < 1.29 is 9.47 Å². The molecule has 0 aromatic heterocycles. The highest BCUT2D eigenvalue weighted by Crippen LogP contribution is 2.17. The van der Waals surface area contributed by atoms with Gasteiger partial charge in [0.25, 0.3) is 0 Å². The molecule has 0 spiro atoms. The molecule has 3 nitrogen and oxygen atoms in total. The van der Waals surface area contributed by atoms with E-state index in [0.29, 0.717) is 12.2 Å². The first-order chi connectivity index (χ1) is 7.88. The topological polar surface area (TPSA) is 21.7 Å².